The molecule has 0 bridgehead atoms. The highest BCUT2D eigenvalue weighted by Crippen LogP contribution is 2.42. The van der Waals surface area contributed by atoms with Gasteiger partial charge in [0.2, 0.25) is 5.91 Å². The maximum absolute atomic E-state index is 13.9. The van der Waals surface area contributed by atoms with Crippen molar-refractivity contribution in [3.63, 3.8) is 0 Å². The molecule has 3 heterocycles. The van der Waals surface area contributed by atoms with Crippen LogP contribution in [0, 0.1) is 23.2 Å². The van der Waals surface area contributed by atoms with Crippen molar-refractivity contribution in [3.05, 3.63) is 80.7 Å². The second kappa shape index (κ2) is 9.53. The summed E-state index contributed by atoms with van der Waals surface area (Å²) in [6.07, 6.45) is 1.93. The number of hydrogen-bond donors (Lipinski definition) is 3. The number of anilines is 1. The summed E-state index contributed by atoms with van der Waals surface area (Å²) in [5.41, 5.74) is 4.35. The molecule has 2 atom stereocenters. The average molecular weight is 563 g/mol. The smallest absolute Gasteiger partial charge is 0.226 e. The molecule has 1 aliphatic rings. The van der Waals surface area contributed by atoms with E-state index in [0.717, 1.165) is 26.2 Å². The second-order valence-corrected chi connectivity index (χ2v) is 9.17. The zero-order valence-electron chi connectivity index (χ0n) is 17.7. The van der Waals surface area contributed by atoms with Crippen LogP contribution in [0.3, 0.4) is 0 Å². The predicted molar refractivity (Wildman–Crippen MR) is 135 cm³/mol. The molecule has 0 unspecified atom stereocenters. The minimum absolute atomic E-state index is 0.129. The van der Waals surface area contributed by atoms with E-state index in [4.69, 9.17) is 12.2 Å². The van der Waals surface area contributed by atoms with Crippen LogP contribution < -0.4 is 10.6 Å². The first-order valence-corrected chi connectivity index (χ1v) is 11.7. The molecule has 166 valence electrons. The van der Waals surface area contributed by atoms with Crippen LogP contribution in [0.2, 0.25) is 0 Å². The first-order valence-electron chi connectivity index (χ1n) is 10.2. The van der Waals surface area contributed by atoms with E-state index in [2.05, 4.69) is 43.2 Å². The molecule has 1 aromatic carbocycles. The first-order chi connectivity index (χ1) is 15.4. The molecule has 32 heavy (non-hydrogen) atoms. The van der Waals surface area contributed by atoms with Crippen LogP contribution in [0.15, 0.2) is 48.7 Å². The number of nitrogens with one attached hydrogen (secondary N) is 3. The van der Waals surface area contributed by atoms with Crippen molar-refractivity contribution in [2.75, 3.05) is 11.9 Å². The Morgan fingerprint density at radius 2 is 1.97 bits per heavy atom. The number of thiocarbonyl (C=S) groups is 1. The van der Waals surface area contributed by atoms with Gasteiger partial charge in [-0.3, -0.25) is 9.78 Å². The minimum Gasteiger partial charge on any atom is -0.362 e. The molecule has 0 spiro atoms. The van der Waals surface area contributed by atoms with Crippen LogP contribution in [-0.4, -0.2) is 32.4 Å². The number of benzene rings is 1. The quantitative estimate of drug-likeness (QED) is 0.298. The van der Waals surface area contributed by atoms with Crippen LogP contribution >= 0.6 is 34.8 Å². The van der Waals surface area contributed by atoms with Gasteiger partial charge in [-0.2, -0.15) is 0 Å². The van der Waals surface area contributed by atoms with Gasteiger partial charge < -0.3 is 20.5 Å². The summed E-state index contributed by atoms with van der Waals surface area (Å²) in [6.45, 7) is 4.48. The lowest BCUT2D eigenvalue weighted by Gasteiger charge is -2.28. The lowest BCUT2D eigenvalue weighted by atomic mass is 9.96. The van der Waals surface area contributed by atoms with Gasteiger partial charge in [-0.15, -0.1) is 0 Å². The van der Waals surface area contributed by atoms with E-state index >= 15 is 0 Å². The molecule has 1 saturated heterocycles. The molecule has 2 aromatic heterocycles. The van der Waals surface area contributed by atoms with E-state index in [1.54, 1.807) is 24.4 Å². The topological polar surface area (TPSA) is 73.0 Å². The van der Waals surface area contributed by atoms with Gasteiger partial charge in [-0.25, -0.2) is 4.39 Å². The molecule has 1 aliphatic heterocycles. The summed E-state index contributed by atoms with van der Waals surface area (Å²) in [5.74, 6) is -0.727. The molecule has 0 radical (unpaired) electrons. The fourth-order valence-electron chi connectivity index (χ4n) is 4.08. The second-order valence-electron chi connectivity index (χ2n) is 7.70. The molecular formula is C23H23FIN5OS. The molecular weight excluding hydrogens is 540 g/mol. The van der Waals surface area contributed by atoms with Gasteiger partial charge in [0, 0.05) is 39.7 Å². The van der Waals surface area contributed by atoms with E-state index in [9.17, 15) is 9.18 Å². The number of nitrogens with zero attached hydrogens (tertiary/aromatic N) is 2. The third kappa shape index (κ3) is 4.49. The number of amides is 1. The molecule has 1 amide bonds. The number of pyridine rings is 1. The maximum Gasteiger partial charge on any atom is 0.226 e. The highest BCUT2D eigenvalue weighted by molar-refractivity contribution is 14.1. The van der Waals surface area contributed by atoms with Crippen molar-refractivity contribution in [1.82, 2.24) is 20.2 Å². The Morgan fingerprint density at radius 1 is 1.22 bits per heavy atom. The number of H-pyrrole nitrogens is 1. The number of para-hydroxylation sites is 1. The molecule has 3 aromatic rings. The van der Waals surface area contributed by atoms with Crippen LogP contribution in [0.5, 0.6) is 0 Å². The largest absolute Gasteiger partial charge is 0.362 e. The van der Waals surface area contributed by atoms with Crippen molar-refractivity contribution in [3.8, 4) is 0 Å². The number of halogens is 2. The van der Waals surface area contributed by atoms with E-state index < -0.39 is 5.82 Å². The van der Waals surface area contributed by atoms with E-state index in [1.807, 2.05) is 36.9 Å². The summed E-state index contributed by atoms with van der Waals surface area (Å²) < 4.78 is 15.0. The van der Waals surface area contributed by atoms with E-state index in [1.165, 1.54) is 6.07 Å². The van der Waals surface area contributed by atoms with Gasteiger partial charge in [0.05, 0.1) is 23.5 Å². The van der Waals surface area contributed by atoms with Crippen LogP contribution in [0.25, 0.3) is 0 Å². The molecule has 4 rings (SSSR count). The third-order valence-electron chi connectivity index (χ3n) is 5.57. The van der Waals surface area contributed by atoms with Gasteiger partial charge >= 0.3 is 0 Å². The highest BCUT2D eigenvalue weighted by atomic mass is 127. The van der Waals surface area contributed by atoms with Gasteiger partial charge in [-0.1, -0.05) is 18.2 Å². The molecule has 0 aliphatic carbocycles. The fourth-order valence-corrected chi connectivity index (χ4v) is 5.27. The van der Waals surface area contributed by atoms with Gasteiger partial charge in [0.15, 0.2) is 5.11 Å². The Bertz CT molecular complexity index is 1150. The Kier molecular flexibility index (Phi) is 6.75. The van der Waals surface area contributed by atoms with Crippen LogP contribution in [0.4, 0.5) is 10.1 Å². The number of rotatable bonds is 6. The number of aromatic nitrogens is 2. The van der Waals surface area contributed by atoms with E-state index in [0.29, 0.717) is 11.7 Å². The zero-order chi connectivity index (χ0) is 22.8. The van der Waals surface area contributed by atoms with Crippen molar-refractivity contribution >= 4 is 51.5 Å². The first kappa shape index (κ1) is 22.7. The fraction of sp³-hybridized carbons (Fsp3) is 0.261. The summed E-state index contributed by atoms with van der Waals surface area (Å²) in [5, 5.41) is 6.62. The number of aryl methyl sites for hydroxylation is 2. The SMILES string of the molecule is Cc1[nH]c(C)c([C@H]2[C@H](c3ccccn3)NC(=S)N2CCC(=O)Nc2ccccc2F)c1I. The Balaban J connectivity index is 1.60. The molecule has 6 nitrogen and oxygen atoms in total. The average Bonchev–Trinajstić information content (AvgIpc) is 3.23. The summed E-state index contributed by atoms with van der Waals surface area (Å²) in [7, 11) is 0. The molecule has 3 N–H and O–H groups in total. The van der Waals surface area contributed by atoms with Crippen LogP contribution in [0.1, 0.15) is 41.1 Å². The van der Waals surface area contributed by atoms with Crippen molar-refractivity contribution < 1.29 is 9.18 Å². The normalized spacial score (nSPS) is 18.0. The van der Waals surface area contributed by atoms with Gasteiger partial charge in [0.1, 0.15) is 5.82 Å². The summed E-state index contributed by atoms with van der Waals surface area (Å²) in [4.78, 5) is 22.6. The predicted octanol–water partition coefficient (Wildman–Crippen LogP) is 4.77. The molecule has 9 heteroatoms. The third-order valence-corrected chi connectivity index (χ3v) is 7.31. The molecule has 0 saturated carbocycles. The van der Waals surface area contributed by atoms with Gasteiger partial charge in [-0.05, 0) is 72.9 Å². The summed E-state index contributed by atoms with van der Waals surface area (Å²) >= 11 is 8.03. The number of hydrogen-bond acceptors (Lipinski definition) is 3. The van der Waals surface area contributed by atoms with Crippen molar-refractivity contribution in [2.24, 2.45) is 0 Å². The van der Waals surface area contributed by atoms with E-state index in [-0.39, 0.29) is 30.1 Å². The van der Waals surface area contributed by atoms with Crippen LogP contribution in [-0.2, 0) is 4.79 Å². The van der Waals surface area contributed by atoms with Crippen molar-refractivity contribution in [2.45, 2.75) is 32.4 Å². The number of carbonyl (C=O) groups is 1. The highest BCUT2D eigenvalue weighted by Gasteiger charge is 2.42. The monoisotopic (exact) mass is 563 g/mol. The Hall–Kier alpha value is -2.53. The summed E-state index contributed by atoms with van der Waals surface area (Å²) in [6, 6.07) is 11.7. The number of aromatic amines is 1. The zero-order valence-corrected chi connectivity index (χ0v) is 20.6. The maximum atomic E-state index is 13.9. The minimum atomic E-state index is -0.458. The Labute approximate surface area is 205 Å². The lowest BCUT2D eigenvalue weighted by Crippen LogP contribution is -2.33. The lowest BCUT2D eigenvalue weighted by molar-refractivity contribution is -0.116. The standard InChI is InChI=1S/C23H23FIN5OS/c1-13-19(20(25)14(2)27-13)22-21(17-9-5-6-11-26-17)29-23(32)30(22)12-10-18(31)28-16-8-4-3-7-15(16)24/h3-9,11,21-22,27H,10,12H2,1-2H3,(H,28,31)(H,29,32)/t21-,22-/m0/s1. The number of carbonyl (C=O) groups excluding carboxylic acids is 1. The Morgan fingerprint density at radius 3 is 2.62 bits per heavy atom. The van der Waals surface area contributed by atoms with Crippen molar-refractivity contribution in [1.29, 1.82) is 0 Å². The molecule has 1 fully saturated rings. The van der Waals surface area contributed by atoms with Gasteiger partial charge in [0.25, 0.3) is 0 Å².